The summed E-state index contributed by atoms with van der Waals surface area (Å²) in [6.45, 7) is 1.95. The van der Waals surface area contributed by atoms with Gasteiger partial charge in [0.1, 0.15) is 11.6 Å². The number of rotatable bonds is 5. The van der Waals surface area contributed by atoms with Crippen LogP contribution in [-0.2, 0) is 4.79 Å². The molecule has 0 saturated heterocycles. The van der Waals surface area contributed by atoms with Crippen LogP contribution in [0.25, 0.3) is 0 Å². The highest BCUT2D eigenvalue weighted by Gasteiger charge is 2.33. The summed E-state index contributed by atoms with van der Waals surface area (Å²) in [4.78, 5) is 14.8. The second-order valence-corrected chi connectivity index (χ2v) is 7.21. The summed E-state index contributed by atoms with van der Waals surface area (Å²) in [5.74, 6) is 0.0213. The number of fused-ring (bicyclic) bond motifs is 1. The molecule has 3 aromatic carbocycles. The van der Waals surface area contributed by atoms with Crippen molar-refractivity contribution >= 4 is 17.3 Å². The predicted octanol–water partition coefficient (Wildman–Crippen LogP) is 5.18. The van der Waals surface area contributed by atoms with Crippen LogP contribution in [0.5, 0.6) is 5.75 Å². The summed E-state index contributed by atoms with van der Waals surface area (Å²) in [5.41, 5.74) is 3.04. The highest BCUT2D eigenvalue weighted by Crippen LogP contribution is 2.38. The van der Waals surface area contributed by atoms with Crippen LogP contribution >= 0.6 is 0 Å². The van der Waals surface area contributed by atoms with Gasteiger partial charge in [0.15, 0.2) is 6.61 Å². The van der Waals surface area contributed by atoms with E-state index in [9.17, 15) is 9.18 Å². The molecule has 1 aliphatic rings. The molecule has 148 valence electrons. The van der Waals surface area contributed by atoms with Gasteiger partial charge in [-0.15, -0.1) is 0 Å². The van der Waals surface area contributed by atoms with Crippen LogP contribution in [0.3, 0.4) is 0 Å². The lowest BCUT2D eigenvalue weighted by molar-refractivity contribution is -0.121. The first-order valence-electron chi connectivity index (χ1n) is 9.73. The number of halogens is 1. The van der Waals surface area contributed by atoms with Crippen molar-refractivity contribution in [1.29, 1.82) is 0 Å². The molecular weight excluding hydrogens is 367 g/mol. The Kier molecular flexibility index (Phi) is 5.47. The first-order valence-corrected chi connectivity index (χ1v) is 9.73. The van der Waals surface area contributed by atoms with E-state index in [-0.39, 0.29) is 30.4 Å². The van der Waals surface area contributed by atoms with E-state index in [2.05, 4.69) is 11.4 Å². The molecule has 1 aliphatic heterocycles. The maximum Gasteiger partial charge on any atom is 0.265 e. The number of ether oxygens (including phenoxy) is 1. The van der Waals surface area contributed by atoms with Crippen molar-refractivity contribution in [3.05, 3.63) is 90.2 Å². The van der Waals surface area contributed by atoms with Gasteiger partial charge in [-0.05, 0) is 61.4 Å². The zero-order valence-electron chi connectivity index (χ0n) is 16.2. The van der Waals surface area contributed by atoms with Gasteiger partial charge in [-0.3, -0.25) is 4.79 Å². The van der Waals surface area contributed by atoms with E-state index in [1.165, 1.54) is 24.3 Å². The molecule has 2 atom stereocenters. The maximum atomic E-state index is 13.0. The van der Waals surface area contributed by atoms with Crippen molar-refractivity contribution < 1.29 is 13.9 Å². The number of hydrogen-bond donors (Lipinski definition) is 1. The Morgan fingerprint density at radius 3 is 2.48 bits per heavy atom. The van der Waals surface area contributed by atoms with Gasteiger partial charge in [-0.25, -0.2) is 4.39 Å². The minimum absolute atomic E-state index is 0.00966. The van der Waals surface area contributed by atoms with Crippen molar-refractivity contribution in [3.63, 3.8) is 0 Å². The van der Waals surface area contributed by atoms with E-state index in [1.807, 2.05) is 60.4 Å². The fourth-order valence-electron chi connectivity index (χ4n) is 3.81. The predicted molar refractivity (Wildman–Crippen MR) is 113 cm³/mol. The Balaban J connectivity index is 1.53. The van der Waals surface area contributed by atoms with Crippen LogP contribution in [0.4, 0.5) is 15.8 Å². The number of para-hydroxylation sites is 2. The van der Waals surface area contributed by atoms with Crippen molar-refractivity contribution in [2.24, 2.45) is 0 Å². The molecule has 0 fully saturated rings. The molecule has 1 N–H and O–H groups in total. The fraction of sp³-hybridized carbons (Fsp3) is 0.208. The van der Waals surface area contributed by atoms with E-state index < -0.39 is 0 Å². The first kappa shape index (κ1) is 19.0. The smallest absolute Gasteiger partial charge is 0.265 e. The van der Waals surface area contributed by atoms with Gasteiger partial charge in [0, 0.05) is 17.4 Å². The van der Waals surface area contributed by atoms with Gasteiger partial charge >= 0.3 is 0 Å². The van der Waals surface area contributed by atoms with Gasteiger partial charge in [-0.2, -0.15) is 0 Å². The van der Waals surface area contributed by atoms with Crippen LogP contribution in [0.15, 0.2) is 78.9 Å². The first-order chi connectivity index (χ1) is 14.1. The molecule has 5 heteroatoms. The number of carbonyl (C=O) groups is 1. The zero-order valence-corrected chi connectivity index (χ0v) is 16.2. The Hall–Kier alpha value is -3.34. The molecule has 0 aliphatic carbocycles. The Morgan fingerprint density at radius 2 is 1.72 bits per heavy atom. The minimum Gasteiger partial charge on any atom is -0.484 e. The SMILES string of the molecule is C[C@@H]1C[C@@H](Nc2ccccc2)c2ccccc2N1C(=O)COc1ccc(F)cc1. The molecule has 1 amide bonds. The van der Waals surface area contributed by atoms with Crippen LogP contribution < -0.4 is 15.0 Å². The number of hydrogen-bond acceptors (Lipinski definition) is 3. The molecule has 4 nitrogen and oxygen atoms in total. The molecule has 0 bridgehead atoms. The number of nitrogens with one attached hydrogen (secondary N) is 1. The zero-order chi connectivity index (χ0) is 20.2. The Morgan fingerprint density at radius 1 is 1.03 bits per heavy atom. The molecule has 0 radical (unpaired) electrons. The van der Waals surface area contributed by atoms with E-state index in [4.69, 9.17) is 4.74 Å². The average molecular weight is 390 g/mol. The van der Waals surface area contributed by atoms with Gasteiger partial charge in [0.2, 0.25) is 0 Å². The second kappa shape index (κ2) is 8.35. The summed E-state index contributed by atoms with van der Waals surface area (Å²) >= 11 is 0. The van der Waals surface area contributed by atoms with E-state index in [1.54, 1.807) is 0 Å². The third-order valence-electron chi connectivity index (χ3n) is 5.15. The topological polar surface area (TPSA) is 41.6 Å². The third kappa shape index (κ3) is 4.24. The molecule has 3 aromatic rings. The number of anilines is 2. The highest BCUT2D eigenvalue weighted by atomic mass is 19.1. The summed E-state index contributed by atoms with van der Waals surface area (Å²) < 4.78 is 18.6. The van der Waals surface area contributed by atoms with Crippen LogP contribution in [0.2, 0.25) is 0 Å². The Labute approximate surface area is 169 Å². The van der Waals surface area contributed by atoms with Crippen molar-refractivity contribution in [2.45, 2.75) is 25.4 Å². The maximum absolute atomic E-state index is 13.0. The molecule has 4 rings (SSSR count). The van der Waals surface area contributed by atoms with Crippen LogP contribution in [0, 0.1) is 5.82 Å². The molecule has 0 saturated carbocycles. The second-order valence-electron chi connectivity index (χ2n) is 7.21. The number of nitrogens with zero attached hydrogens (tertiary/aromatic N) is 1. The van der Waals surface area contributed by atoms with Crippen molar-refractivity contribution in [3.8, 4) is 5.75 Å². The minimum atomic E-state index is -0.334. The van der Waals surface area contributed by atoms with Gasteiger partial charge in [0.05, 0.1) is 6.04 Å². The summed E-state index contributed by atoms with van der Waals surface area (Å²) in [6.07, 6.45) is 0.786. The van der Waals surface area contributed by atoms with Gasteiger partial charge in [0.25, 0.3) is 5.91 Å². The normalized spacial score (nSPS) is 18.1. The van der Waals surface area contributed by atoms with E-state index in [0.717, 1.165) is 23.4 Å². The van der Waals surface area contributed by atoms with E-state index >= 15 is 0 Å². The van der Waals surface area contributed by atoms with Crippen LogP contribution in [-0.4, -0.2) is 18.6 Å². The largest absolute Gasteiger partial charge is 0.484 e. The lowest BCUT2D eigenvalue weighted by Crippen LogP contribution is -2.46. The van der Waals surface area contributed by atoms with E-state index in [0.29, 0.717) is 5.75 Å². The molecule has 0 unspecified atom stereocenters. The Bertz CT molecular complexity index is 976. The monoisotopic (exact) mass is 390 g/mol. The number of carbonyl (C=O) groups excluding carboxylic acids is 1. The average Bonchev–Trinajstić information content (AvgIpc) is 2.74. The van der Waals surface area contributed by atoms with Gasteiger partial charge in [-0.1, -0.05) is 36.4 Å². The number of amides is 1. The lowest BCUT2D eigenvalue weighted by atomic mass is 9.91. The summed E-state index contributed by atoms with van der Waals surface area (Å²) in [7, 11) is 0. The lowest BCUT2D eigenvalue weighted by Gasteiger charge is -2.40. The van der Waals surface area contributed by atoms with Gasteiger partial charge < -0.3 is 15.0 Å². The van der Waals surface area contributed by atoms with Crippen LogP contribution in [0.1, 0.15) is 24.9 Å². The molecule has 1 heterocycles. The molecule has 0 aromatic heterocycles. The summed E-state index contributed by atoms with van der Waals surface area (Å²) in [5, 5.41) is 3.59. The highest BCUT2D eigenvalue weighted by molar-refractivity contribution is 5.96. The number of benzene rings is 3. The molecule has 0 spiro atoms. The molecular formula is C24H23FN2O2. The quantitative estimate of drug-likeness (QED) is 0.652. The van der Waals surface area contributed by atoms with Crippen molar-refractivity contribution in [2.75, 3.05) is 16.8 Å². The standard InChI is InChI=1S/C24H23FN2O2/c1-17-15-22(26-19-7-3-2-4-8-19)21-9-5-6-10-23(21)27(17)24(28)16-29-20-13-11-18(25)12-14-20/h2-14,17,22,26H,15-16H2,1H3/t17-,22-/m1/s1. The van der Waals surface area contributed by atoms with Crippen molar-refractivity contribution in [1.82, 2.24) is 0 Å². The summed E-state index contributed by atoms with van der Waals surface area (Å²) in [6, 6.07) is 23.9. The molecule has 29 heavy (non-hydrogen) atoms. The fourth-order valence-corrected chi connectivity index (χ4v) is 3.81. The third-order valence-corrected chi connectivity index (χ3v) is 5.15.